The molecule has 7 heteroatoms. The minimum absolute atomic E-state index is 0.0161. The van der Waals surface area contributed by atoms with Crippen molar-refractivity contribution in [3.8, 4) is 0 Å². The fourth-order valence-corrected chi connectivity index (χ4v) is 4.30. The van der Waals surface area contributed by atoms with E-state index in [9.17, 15) is 0 Å². The molecular formula is C23H21N5OS. The van der Waals surface area contributed by atoms with E-state index < -0.39 is 0 Å². The van der Waals surface area contributed by atoms with Crippen LogP contribution in [-0.4, -0.2) is 24.5 Å². The van der Waals surface area contributed by atoms with Gasteiger partial charge in [-0.05, 0) is 60.2 Å². The quantitative estimate of drug-likeness (QED) is 0.479. The molecule has 1 aliphatic rings. The molecule has 0 aromatic carbocycles. The number of furan rings is 1. The van der Waals surface area contributed by atoms with Crippen LogP contribution in [0.4, 0.5) is 0 Å². The van der Waals surface area contributed by atoms with Gasteiger partial charge < -0.3 is 19.2 Å². The van der Waals surface area contributed by atoms with Crippen molar-refractivity contribution in [2.75, 3.05) is 0 Å². The first kappa shape index (κ1) is 18.6. The first-order chi connectivity index (χ1) is 14.8. The minimum Gasteiger partial charge on any atom is -0.467 e. The highest BCUT2D eigenvalue weighted by molar-refractivity contribution is 7.80. The number of aromatic nitrogens is 3. The summed E-state index contributed by atoms with van der Waals surface area (Å²) in [6.45, 7) is 1.33. The second kappa shape index (κ2) is 8.12. The second-order valence-corrected chi connectivity index (χ2v) is 7.64. The van der Waals surface area contributed by atoms with E-state index in [0.717, 1.165) is 22.7 Å². The molecule has 30 heavy (non-hydrogen) atoms. The van der Waals surface area contributed by atoms with Crippen LogP contribution in [0.25, 0.3) is 0 Å². The van der Waals surface area contributed by atoms with Gasteiger partial charge in [-0.1, -0.05) is 12.1 Å². The molecule has 0 amide bonds. The van der Waals surface area contributed by atoms with Crippen LogP contribution < -0.4 is 5.32 Å². The summed E-state index contributed by atoms with van der Waals surface area (Å²) in [6.07, 6.45) is 9.28. The van der Waals surface area contributed by atoms with Gasteiger partial charge >= 0.3 is 0 Å². The molecule has 5 rings (SSSR count). The Bertz CT molecular complexity index is 1110. The maximum Gasteiger partial charge on any atom is 0.170 e. The molecule has 0 unspecified atom stereocenters. The lowest BCUT2D eigenvalue weighted by molar-refractivity contribution is 0.296. The van der Waals surface area contributed by atoms with Gasteiger partial charge in [-0.15, -0.1) is 0 Å². The predicted molar refractivity (Wildman–Crippen MR) is 117 cm³/mol. The van der Waals surface area contributed by atoms with Crippen molar-refractivity contribution in [2.24, 2.45) is 0 Å². The molecule has 4 aromatic heterocycles. The molecule has 5 heterocycles. The first-order valence-electron chi connectivity index (χ1n) is 9.84. The standard InChI is InChI=1S/C23H21N5OS/c30-23-26-21(19-8-1-2-11-25-19)22(28(23)15-17-6-3-10-24-14-17)20-9-4-12-27(20)16-18-7-5-13-29-18/h1-14,21-22H,15-16H2,(H,26,30)/t21-,22-/m1/s1. The molecule has 2 atom stereocenters. The van der Waals surface area contributed by atoms with Crippen LogP contribution in [0, 0.1) is 0 Å². The first-order valence-corrected chi connectivity index (χ1v) is 10.2. The van der Waals surface area contributed by atoms with Gasteiger partial charge in [0.05, 0.1) is 30.6 Å². The maximum absolute atomic E-state index is 5.77. The molecule has 1 N–H and O–H groups in total. The number of hydrogen-bond donors (Lipinski definition) is 1. The molecule has 4 aromatic rings. The number of rotatable bonds is 6. The predicted octanol–water partition coefficient (Wildman–Crippen LogP) is 4.09. The van der Waals surface area contributed by atoms with Crippen molar-refractivity contribution >= 4 is 17.3 Å². The Labute approximate surface area is 180 Å². The average molecular weight is 416 g/mol. The molecule has 0 spiro atoms. The zero-order chi connectivity index (χ0) is 20.3. The Morgan fingerprint density at radius 1 is 1.00 bits per heavy atom. The van der Waals surface area contributed by atoms with Crippen LogP contribution >= 0.6 is 12.2 Å². The summed E-state index contributed by atoms with van der Waals surface area (Å²) < 4.78 is 7.80. The molecule has 1 aliphatic heterocycles. The van der Waals surface area contributed by atoms with E-state index in [2.05, 4.69) is 49.1 Å². The molecule has 0 saturated carbocycles. The third kappa shape index (κ3) is 3.59. The van der Waals surface area contributed by atoms with E-state index in [1.54, 1.807) is 12.5 Å². The molecule has 150 valence electrons. The summed E-state index contributed by atoms with van der Waals surface area (Å²) in [7, 11) is 0. The lowest BCUT2D eigenvalue weighted by Crippen LogP contribution is -2.30. The second-order valence-electron chi connectivity index (χ2n) is 7.26. The largest absolute Gasteiger partial charge is 0.467 e. The molecule has 0 aliphatic carbocycles. The van der Waals surface area contributed by atoms with Crippen LogP contribution in [0.5, 0.6) is 0 Å². The SMILES string of the molecule is S=C1N[C@H](c2ccccn2)[C@@H](c2cccn2Cc2ccco2)N1Cc1cccnc1. The van der Waals surface area contributed by atoms with Gasteiger partial charge in [-0.3, -0.25) is 9.97 Å². The summed E-state index contributed by atoms with van der Waals surface area (Å²) in [5, 5.41) is 4.22. The van der Waals surface area contributed by atoms with Gasteiger partial charge in [-0.2, -0.15) is 0 Å². The highest BCUT2D eigenvalue weighted by atomic mass is 32.1. The lowest BCUT2D eigenvalue weighted by atomic mass is 10.0. The summed E-state index contributed by atoms with van der Waals surface area (Å²) in [6, 6.07) is 18.1. The third-order valence-corrected chi connectivity index (χ3v) is 5.70. The zero-order valence-corrected chi connectivity index (χ0v) is 17.1. The van der Waals surface area contributed by atoms with Crippen LogP contribution in [-0.2, 0) is 13.1 Å². The highest BCUT2D eigenvalue weighted by Crippen LogP contribution is 2.39. The minimum atomic E-state index is -0.0550. The lowest BCUT2D eigenvalue weighted by Gasteiger charge is -2.28. The summed E-state index contributed by atoms with van der Waals surface area (Å²) in [5.41, 5.74) is 3.22. The van der Waals surface area contributed by atoms with Crippen LogP contribution in [0.3, 0.4) is 0 Å². The summed E-state index contributed by atoms with van der Waals surface area (Å²) >= 11 is 5.77. The normalized spacial score (nSPS) is 18.5. The van der Waals surface area contributed by atoms with Gasteiger partial charge in [0.1, 0.15) is 5.76 Å². The van der Waals surface area contributed by atoms with Gasteiger partial charge in [0.15, 0.2) is 5.11 Å². The van der Waals surface area contributed by atoms with Crippen molar-refractivity contribution in [2.45, 2.75) is 25.2 Å². The Kier molecular flexibility index (Phi) is 5.03. The van der Waals surface area contributed by atoms with E-state index in [1.165, 1.54) is 0 Å². The fourth-order valence-electron chi connectivity index (χ4n) is 4.00. The molecule has 1 fully saturated rings. The number of thiocarbonyl (C=S) groups is 1. The Hall–Kier alpha value is -3.45. The molecular weight excluding hydrogens is 394 g/mol. The topological polar surface area (TPSA) is 59.1 Å². The Balaban J connectivity index is 1.54. The zero-order valence-electron chi connectivity index (χ0n) is 16.3. The maximum atomic E-state index is 5.77. The van der Waals surface area contributed by atoms with Crippen molar-refractivity contribution in [3.63, 3.8) is 0 Å². The Morgan fingerprint density at radius 2 is 1.97 bits per heavy atom. The highest BCUT2D eigenvalue weighted by Gasteiger charge is 2.41. The third-order valence-electron chi connectivity index (χ3n) is 5.35. The number of nitrogens with zero attached hydrogens (tertiary/aromatic N) is 4. The van der Waals surface area contributed by atoms with E-state index in [-0.39, 0.29) is 12.1 Å². The van der Waals surface area contributed by atoms with Gasteiger partial charge in [0.25, 0.3) is 0 Å². The van der Waals surface area contributed by atoms with Crippen LogP contribution in [0.1, 0.15) is 34.8 Å². The number of nitrogens with one attached hydrogen (secondary N) is 1. The summed E-state index contributed by atoms with van der Waals surface area (Å²) in [4.78, 5) is 11.1. The molecule has 0 bridgehead atoms. The van der Waals surface area contributed by atoms with E-state index in [0.29, 0.717) is 18.2 Å². The van der Waals surface area contributed by atoms with Crippen molar-refractivity contribution < 1.29 is 4.42 Å². The molecule has 6 nitrogen and oxygen atoms in total. The van der Waals surface area contributed by atoms with Crippen molar-refractivity contribution in [1.29, 1.82) is 0 Å². The summed E-state index contributed by atoms with van der Waals surface area (Å²) in [5.74, 6) is 0.911. The number of hydrogen-bond acceptors (Lipinski definition) is 4. The van der Waals surface area contributed by atoms with E-state index >= 15 is 0 Å². The monoisotopic (exact) mass is 415 g/mol. The number of pyridine rings is 2. The van der Waals surface area contributed by atoms with Crippen molar-refractivity contribution in [3.05, 3.63) is 108 Å². The van der Waals surface area contributed by atoms with Crippen LogP contribution in [0.15, 0.2) is 90.1 Å². The van der Waals surface area contributed by atoms with E-state index in [1.807, 2.05) is 48.8 Å². The molecule has 1 saturated heterocycles. The van der Waals surface area contributed by atoms with Gasteiger partial charge in [-0.25, -0.2) is 0 Å². The van der Waals surface area contributed by atoms with Crippen molar-refractivity contribution in [1.82, 2.24) is 24.8 Å². The van der Waals surface area contributed by atoms with Crippen LogP contribution in [0.2, 0.25) is 0 Å². The van der Waals surface area contributed by atoms with Gasteiger partial charge in [0, 0.05) is 37.0 Å². The average Bonchev–Trinajstić information content (AvgIpc) is 3.52. The molecule has 0 radical (unpaired) electrons. The van der Waals surface area contributed by atoms with E-state index in [4.69, 9.17) is 16.6 Å². The van der Waals surface area contributed by atoms with Gasteiger partial charge in [0.2, 0.25) is 0 Å². The Morgan fingerprint density at radius 3 is 2.73 bits per heavy atom. The smallest absolute Gasteiger partial charge is 0.170 e. The fraction of sp³-hybridized carbons (Fsp3) is 0.174.